The molecule has 2 atom stereocenters. The lowest BCUT2D eigenvalue weighted by Gasteiger charge is -2.28. The van der Waals surface area contributed by atoms with Gasteiger partial charge in [0.15, 0.2) is 0 Å². The van der Waals surface area contributed by atoms with Crippen LogP contribution in [0.1, 0.15) is 12.0 Å². The smallest absolute Gasteiger partial charge is 0.253 e. The highest BCUT2D eigenvalue weighted by atomic mass is 16.5. The zero-order valence-electron chi connectivity index (χ0n) is 12.9. The number of rotatable bonds is 6. The number of ether oxygens (including phenoxy) is 1. The fourth-order valence-corrected chi connectivity index (χ4v) is 2.82. The third-order valence-corrected chi connectivity index (χ3v) is 4.17. The molecule has 5 heteroatoms. The molecule has 0 aromatic heterocycles. The first-order chi connectivity index (χ1) is 10.2. The van der Waals surface area contributed by atoms with Crippen LogP contribution in [0.4, 0.5) is 0 Å². The highest BCUT2D eigenvalue weighted by Gasteiger charge is 2.31. The van der Waals surface area contributed by atoms with Gasteiger partial charge >= 0.3 is 0 Å². The quantitative estimate of drug-likeness (QED) is 0.838. The van der Waals surface area contributed by atoms with E-state index >= 15 is 0 Å². The van der Waals surface area contributed by atoms with Crippen molar-refractivity contribution in [1.29, 1.82) is 0 Å². The molecule has 1 fully saturated rings. The van der Waals surface area contributed by atoms with E-state index in [1.165, 1.54) is 12.7 Å². The molecule has 1 heterocycles. The molecule has 0 bridgehead atoms. The zero-order valence-corrected chi connectivity index (χ0v) is 12.9. The molecule has 2 N–H and O–H groups in total. The Balaban J connectivity index is 1.88. The average Bonchev–Trinajstić information content (AvgIpc) is 2.97. The summed E-state index contributed by atoms with van der Waals surface area (Å²) >= 11 is 0. The molecule has 0 spiro atoms. The van der Waals surface area contributed by atoms with Crippen LogP contribution in [-0.4, -0.2) is 61.6 Å². The fourth-order valence-electron chi connectivity index (χ4n) is 2.82. The van der Waals surface area contributed by atoms with Gasteiger partial charge in [0, 0.05) is 46.4 Å². The van der Waals surface area contributed by atoms with Crippen LogP contribution in [0.5, 0.6) is 0 Å². The number of nitrogens with two attached hydrogens (primary N) is 1. The van der Waals surface area contributed by atoms with Gasteiger partial charge in [-0.3, -0.25) is 9.69 Å². The third kappa shape index (κ3) is 4.03. The summed E-state index contributed by atoms with van der Waals surface area (Å²) in [6, 6.07) is 10.7. The van der Waals surface area contributed by atoms with Crippen molar-refractivity contribution >= 4 is 5.91 Å². The van der Waals surface area contributed by atoms with E-state index in [1.54, 1.807) is 4.90 Å². The first-order valence-corrected chi connectivity index (χ1v) is 7.41. The molecule has 1 aliphatic heterocycles. The van der Waals surface area contributed by atoms with Gasteiger partial charge in [0.2, 0.25) is 0 Å². The summed E-state index contributed by atoms with van der Waals surface area (Å²) in [6.07, 6.45) is 0.467. The maximum atomic E-state index is 12.3. The van der Waals surface area contributed by atoms with Crippen LogP contribution in [0.25, 0.3) is 0 Å². The van der Waals surface area contributed by atoms with Gasteiger partial charge in [-0.25, -0.2) is 0 Å². The molecule has 0 aliphatic carbocycles. The summed E-state index contributed by atoms with van der Waals surface area (Å²) in [6.45, 7) is 3.07. The zero-order chi connectivity index (χ0) is 15.2. The highest BCUT2D eigenvalue weighted by Crippen LogP contribution is 2.18. The maximum Gasteiger partial charge on any atom is 0.253 e. The van der Waals surface area contributed by atoms with E-state index < -0.39 is 6.10 Å². The summed E-state index contributed by atoms with van der Waals surface area (Å²) in [4.78, 5) is 16.4. The lowest BCUT2D eigenvalue weighted by atomic mass is 10.2. The van der Waals surface area contributed by atoms with Gasteiger partial charge in [0.25, 0.3) is 5.91 Å². The Bertz CT molecular complexity index is 448. The summed E-state index contributed by atoms with van der Waals surface area (Å²) < 4.78 is 5.13. The topological polar surface area (TPSA) is 58.8 Å². The number of carbonyl (C=O) groups is 1. The molecule has 2 rings (SSSR count). The predicted octanol–water partition coefficient (Wildman–Crippen LogP) is 0.693. The van der Waals surface area contributed by atoms with Crippen LogP contribution >= 0.6 is 0 Å². The van der Waals surface area contributed by atoms with Crippen molar-refractivity contribution in [3.63, 3.8) is 0 Å². The summed E-state index contributed by atoms with van der Waals surface area (Å²) in [5.41, 5.74) is 6.88. The van der Waals surface area contributed by atoms with Crippen LogP contribution in [0.3, 0.4) is 0 Å². The largest absolute Gasteiger partial charge is 0.370 e. The lowest BCUT2D eigenvalue weighted by molar-refractivity contribution is -0.141. The van der Waals surface area contributed by atoms with E-state index in [2.05, 4.69) is 29.2 Å². The molecular formula is C16H25N3O2. The minimum Gasteiger partial charge on any atom is -0.370 e. The number of benzene rings is 1. The van der Waals surface area contributed by atoms with E-state index in [4.69, 9.17) is 10.5 Å². The van der Waals surface area contributed by atoms with Gasteiger partial charge in [-0.2, -0.15) is 0 Å². The SMILES string of the molecule is COC(CN)C(=O)N(C)C1CCN(Cc2ccccc2)C1. The van der Waals surface area contributed by atoms with Crippen molar-refractivity contribution in [2.24, 2.45) is 5.73 Å². The number of hydrogen-bond acceptors (Lipinski definition) is 4. The summed E-state index contributed by atoms with van der Waals surface area (Å²) in [5, 5.41) is 0. The Hall–Kier alpha value is -1.43. The fraction of sp³-hybridized carbons (Fsp3) is 0.562. The third-order valence-electron chi connectivity index (χ3n) is 4.17. The molecule has 21 heavy (non-hydrogen) atoms. The normalized spacial score (nSPS) is 20.4. The number of carbonyl (C=O) groups excluding carboxylic acids is 1. The average molecular weight is 291 g/mol. The van der Waals surface area contributed by atoms with Crippen molar-refractivity contribution in [2.75, 3.05) is 33.8 Å². The monoisotopic (exact) mass is 291 g/mol. The molecule has 5 nitrogen and oxygen atoms in total. The van der Waals surface area contributed by atoms with E-state index in [0.29, 0.717) is 0 Å². The standard InChI is InChI=1S/C16H25N3O2/c1-18(16(20)15(10-17)21-2)14-8-9-19(12-14)11-13-6-4-3-5-7-13/h3-7,14-15H,8-12,17H2,1-2H3. The van der Waals surface area contributed by atoms with E-state index in [9.17, 15) is 4.79 Å². The number of likely N-dealkylation sites (tertiary alicyclic amines) is 1. The Morgan fingerprint density at radius 2 is 2.19 bits per heavy atom. The van der Waals surface area contributed by atoms with Crippen molar-refractivity contribution in [1.82, 2.24) is 9.80 Å². The number of likely N-dealkylation sites (N-methyl/N-ethyl adjacent to an activating group) is 1. The van der Waals surface area contributed by atoms with Gasteiger partial charge in [-0.05, 0) is 12.0 Å². The van der Waals surface area contributed by atoms with Gasteiger partial charge in [-0.15, -0.1) is 0 Å². The minimum absolute atomic E-state index is 0.0217. The van der Waals surface area contributed by atoms with Gasteiger partial charge in [-0.1, -0.05) is 30.3 Å². The Labute approximate surface area is 126 Å². The molecule has 0 saturated carbocycles. The van der Waals surface area contributed by atoms with E-state index in [1.807, 2.05) is 13.1 Å². The molecule has 1 amide bonds. The molecule has 1 aromatic carbocycles. The Morgan fingerprint density at radius 1 is 1.48 bits per heavy atom. The van der Waals surface area contributed by atoms with Crippen molar-refractivity contribution in [2.45, 2.75) is 25.1 Å². The first-order valence-electron chi connectivity index (χ1n) is 7.41. The van der Waals surface area contributed by atoms with Gasteiger partial charge in [0.1, 0.15) is 6.10 Å². The molecular weight excluding hydrogens is 266 g/mol. The van der Waals surface area contributed by atoms with Crippen LogP contribution in [-0.2, 0) is 16.1 Å². The predicted molar refractivity (Wildman–Crippen MR) is 82.7 cm³/mol. The molecule has 1 saturated heterocycles. The molecule has 0 radical (unpaired) electrons. The second-order valence-corrected chi connectivity index (χ2v) is 5.57. The summed E-state index contributed by atoms with van der Waals surface area (Å²) in [5.74, 6) is -0.0217. The van der Waals surface area contributed by atoms with Gasteiger partial charge in [0.05, 0.1) is 0 Å². The Kier molecular flexibility index (Phi) is 5.73. The second-order valence-electron chi connectivity index (χ2n) is 5.57. The first kappa shape index (κ1) is 15.9. The number of methoxy groups -OCH3 is 1. The van der Waals surface area contributed by atoms with Crippen molar-refractivity contribution in [3.05, 3.63) is 35.9 Å². The van der Waals surface area contributed by atoms with Crippen molar-refractivity contribution in [3.8, 4) is 0 Å². The molecule has 1 aliphatic rings. The molecule has 2 unspecified atom stereocenters. The lowest BCUT2D eigenvalue weighted by Crippen LogP contribution is -2.47. The Morgan fingerprint density at radius 3 is 2.81 bits per heavy atom. The van der Waals surface area contributed by atoms with Gasteiger partial charge < -0.3 is 15.4 Å². The molecule has 1 aromatic rings. The van der Waals surface area contributed by atoms with Crippen LogP contribution in [0, 0.1) is 0 Å². The molecule has 116 valence electrons. The van der Waals surface area contributed by atoms with Crippen molar-refractivity contribution < 1.29 is 9.53 Å². The van der Waals surface area contributed by atoms with Crippen LogP contribution in [0.15, 0.2) is 30.3 Å². The van der Waals surface area contributed by atoms with E-state index in [-0.39, 0.29) is 18.5 Å². The second kappa shape index (κ2) is 7.54. The number of hydrogen-bond donors (Lipinski definition) is 1. The number of amides is 1. The highest BCUT2D eigenvalue weighted by molar-refractivity contribution is 5.81. The van der Waals surface area contributed by atoms with E-state index in [0.717, 1.165) is 26.1 Å². The summed E-state index contributed by atoms with van der Waals surface area (Å²) in [7, 11) is 3.38. The van der Waals surface area contributed by atoms with Crippen LogP contribution in [0.2, 0.25) is 0 Å². The minimum atomic E-state index is -0.529. The maximum absolute atomic E-state index is 12.3. The van der Waals surface area contributed by atoms with Crippen LogP contribution < -0.4 is 5.73 Å². The number of nitrogens with zero attached hydrogens (tertiary/aromatic N) is 2.